The number of hydrogen-bond acceptors (Lipinski definition) is 4. The maximum absolute atomic E-state index is 12.9. The fraction of sp³-hybridized carbons (Fsp3) is 0.375. The topological polar surface area (TPSA) is 49.2 Å². The summed E-state index contributed by atoms with van der Waals surface area (Å²) in [5.74, 6) is 0.582. The standard InChI is InChI=1S/C16H16F3N3O/c17-16(18,19)12-4-1-3-11(7-12)14-8-13(23)9-22(14)10-15-20-5-2-6-21-15/h1-7,13-14,23H,8-10H2/t13-,14+/m1/s1. The Morgan fingerprint density at radius 2 is 1.91 bits per heavy atom. The highest BCUT2D eigenvalue weighted by atomic mass is 19.4. The minimum Gasteiger partial charge on any atom is -0.392 e. The molecule has 1 saturated heterocycles. The molecule has 1 N–H and O–H groups in total. The van der Waals surface area contributed by atoms with Crippen LogP contribution in [-0.2, 0) is 12.7 Å². The Labute approximate surface area is 131 Å². The fourth-order valence-electron chi connectivity index (χ4n) is 2.92. The molecule has 0 bridgehead atoms. The summed E-state index contributed by atoms with van der Waals surface area (Å²) in [7, 11) is 0. The molecule has 0 spiro atoms. The van der Waals surface area contributed by atoms with Crippen molar-refractivity contribution < 1.29 is 18.3 Å². The first-order chi connectivity index (χ1) is 10.9. The predicted molar refractivity (Wildman–Crippen MR) is 77.3 cm³/mol. The van der Waals surface area contributed by atoms with Gasteiger partial charge in [0.1, 0.15) is 5.82 Å². The van der Waals surface area contributed by atoms with E-state index in [0.717, 1.165) is 12.1 Å². The van der Waals surface area contributed by atoms with Crippen molar-refractivity contribution in [3.8, 4) is 0 Å². The lowest BCUT2D eigenvalue weighted by Crippen LogP contribution is -2.25. The average molecular weight is 323 g/mol. The molecular weight excluding hydrogens is 307 g/mol. The van der Waals surface area contributed by atoms with Crippen LogP contribution in [0.15, 0.2) is 42.7 Å². The van der Waals surface area contributed by atoms with Crippen LogP contribution in [0.3, 0.4) is 0 Å². The van der Waals surface area contributed by atoms with Gasteiger partial charge in [-0.1, -0.05) is 12.1 Å². The van der Waals surface area contributed by atoms with Crippen molar-refractivity contribution in [2.45, 2.75) is 31.3 Å². The van der Waals surface area contributed by atoms with Crippen LogP contribution in [0.5, 0.6) is 0 Å². The lowest BCUT2D eigenvalue weighted by molar-refractivity contribution is -0.137. The van der Waals surface area contributed by atoms with Crippen molar-refractivity contribution in [1.29, 1.82) is 0 Å². The largest absolute Gasteiger partial charge is 0.416 e. The third-order valence-electron chi connectivity index (χ3n) is 3.94. The fourth-order valence-corrected chi connectivity index (χ4v) is 2.92. The molecule has 0 aliphatic carbocycles. The molecule has 0 amide bonds. The van der Waals surface area contributed by atoms with E-state index in [4.69, 9.17) is 0 Å². The third-order valence-corrected chi connectivity index (χ3v) is 3.94. The number of rotatable bonds is 3. The first kappa shape index (κ1) is 15.9. The van der Waals surface area contributed by atoms with Crippen LogP contribution in [0.4, 0.5) is 13.2 Å². The van der Waals surface area contributed by atoms with Gasteiger partial charge in [0.05, 0.1) is 18.2 Å². The highest BCUT2D eigenvalue weighted by Gasteiger charge is 2.35. The second-order valence-electron chi connectivity index (χ2n) is 5.62. The summed E-state index contributed by atoms with van der Waals surface area (Å²) in [5.41, 5.74) is -0.125. The average Bonchev–Trinajstić information content (AvgIpc) is 2.88. The van der Waals surface area contributed by atoms with Crippen LogP contribution < -0.4 is 0 Å². The zero-order valence-electron chi connectivity index (χ0n) is 12.2. The Balaban J connectivity index is 1.85. The molecule has 0 unspecified atom stereocenters. The molecule has 122 valence electrons. The normalized spacial score (nSPS) is 22.4. The van der Waals surface area contributed by atoms with Gasteiger partial charge >= 0.3 is 6.18 Å². The van der Waals surface area contributed by atoms with E-state index in [9.17, 15) is 18.3 Å². The Morgan fingerprint density at radius 3 is 2.61 bits per heavy atom. The number of hydrogen-bond donors (Lipinski definition) is 1. The van der Waals surface area contributed by atoms with E-state index < -0.39 is 17.8 Å². The number of benzene rings is 1. The van der Waals surface area contributed by atoms with Crippen molar-refractivity contribution in [3.63, 3.8) is 0 Å². The lowest BCUT2D eigenvalue weighted by Gasteiger charge is -2.24. The maximum atomic E-state index is 12.9. The molecule has 1 aromatic heterocycles. The van der Waals surface area contributed by atoms with Gasteiger partial charge in [-0.25, -0.2) is 9.97 Å². The van der Waals surface area contributed by atoms with E-state index >= 15 is 0 Å². The zero-order valence-corrected chi connectivity index (χ0v) is 12.2. The van der Waals surface area contributed by atoms with Crippen LogP contribution in [-0.4, -0.2) is 32.6 Å². The molecule has 23 heavy (non-hydrogen) atoms. The molecule has 1 aromatic carbocycles. The van der Waals surface area contributed by atoms with E-state index in [2.05, 4.69) is 9.97 Å². The van der Waals surface area contributed by atoms with Crippen LogP contribution in [0.1, 0.15) is 29.4 Å². The highest BCUT2D eigenvalue weighted by Crippen LogP contribution is 2.36. The number of aromatic nitrogens is 2. The number of likely N-dealkylation sites (tertiary alicyclic amines) is 1. The molecule has 4 nitrogen and oxygen atoms in total. The summed E-state index contributed by atoms with van der Waals surface area (Å²) >= 11 is 0. The number of aliphatic hydroxyl groups excluding tert-OH is 1. The lowest BCUT2D eigenvalue weighted by atomic mass is 10.0. The number of nitrogens with zero attached hydrogens (tertiary/aromatic N) is 3. The van der Waals surface area contributed by atoms with E-state index in [1.54, 1.807) is 24.5 Å². The van der Waals surface area contributed by atoms with Gasteiger partial charge in [0, 0.05) is 25.0 Å². The van der Waals surface area contributed by atoms with E-state index in [1.807, 2.05) is 4.90 Å². The van der Waals surface area contributed by atoms with Crippen molar-refractivity contribution >= 4 is 0 Å². The first-order valence-corrected chi connectivity index (χ1v) is 7.28. The van der Waals surface area contributed by atoms with Crippen LogP contribution >= 0.6 is 0 Å². The number of halogens is 3. The molecule has 0 radical (unpaired) electrons. The Morgan fingerprint density at radius 1 is 1.17 bits per heavy atom. The molecule has 0 saturated carbocycles. The second kappa shape index (κ2) is 6.25. The molecular formula is C16H16F3N3O. The quantitative estimate of drug-likeness (QED) is 0.944. The van der Waals surface area contributed by atoms with Gasteiger partial charge in [0.25, 0.3) is 0 Å². The van der Waals surface area contributed by atoms with Crippen LogP contribution in [0.2, 0.25) is 0 Å². The summed E-state index contributed by atoms with van der Waals surface area (Å²) in [6, 6.07) is 6.70. The van der Waals surface area contributed by atoms with Crippen molar-refractivity contribution in [2.24, 2.45) is 0 Å². The van der Waals surface area contributed by atoms with Gasteiger partial charge in [-0.2, -0.15) is 13.2 Å². The van der Waals surface area contributed by atoms with Crippen molar-refractivity contribution in [3.05, 3.63) is 59.7 Å². The number of aliphatic hydroxyl groups is 1. The molecule has 3 rings (SSSR count). The molecule has 1 aliphatic rings. The number of β-amino-alcohol motifs (C(OH)–C–C–N with tert-alkyl or cyclic N) is 1. The Bertz CT molecular complexity index is 663. The number of alkyl halides is 3. The van der Waals surface area contributed by atoms with Crippen LogP contribution in [0, 0.1) is 0 Å². The molecule has 1 aliphatic heterocycles. The minimum absolute atomic E-state index is 0.281. The first-order valence-electron chi connectivity index (χ1n) is 7.28. The van der Waals surface area contributed by atoms with Crippen molar-refractivity contribution in [1.82, 2.24) is 14.9 Å². The summed E-state index contributed by atoms with van der Waals surface area (Å²) < 4.78 is 38.7. The van der Waals surface area contributed by atoms with Gasteiger partial charge in [0.2, 0.25) is 0 Å². The van der Waals surface area contributed by atoms with Crippen LogP contribution in [0.25, 0.3) is 0 Å². The summed E-state index contributed by atoms with van der Waals surface area (Å²) in [4.78, 5) is 10.2. The van der Waals surface area contributed by atoms with E-state index in [1.165, 1.54) is 6.07 Å². The highest BCUT2D eigenvalue weighted by molar-refractivity contribution is 5.29. The van der Waals surface area contributed by atoms with Gasteiger partial charge < -0.3 is 5.11 Å². The van der Waals surface area contributed by atoms with Gasteiger partial charge in [-0.05, 0) is 30.2 Å². The monoisotopic (exact) mass is 323 g/mol. The zero-order chi connectivity index (χ0) is 16.4. The van der Waals surface area contributed by atoms with E-state index in [0.29, 0.717) is 30.9 Å². The van der Waals surface area contributed by atoms with Gasteiger partial charge in [0.15, 0.2) is 0 Å². The molecule has 7 heteroatoms. The summed E-state index contributed by atoms with van der Waals surface area (Å²) in [5, 5.41) is 9.93. The molecule has 2 atom stereocenters. The molecule has 2 heterocycles. The smallest absolute Gasteiger partial charge is 0.392 e. The minimum atomic E-state index is -4.37. The third kappa shape index (κ3) is 3.68. The van der Waals surface area contributed by atoms with Gasteiger partial charge in [-0.15, -0.1) is 0 Å². The predicted octanol–water partition coefficient (Wildman–Crippen LogP) is 2.80. The SMILES string of the molecule is O[C@@H]1C[C@@H](c2cccc(C(F)(F)F)c2)N(Cc2ncccn2)C1. The maximum Gasteiger partial charge on any atom is 0.416 e. The molecule has 1 fully saturated rings. The second-order valence-corrected chi connectivity index (χ2v) is 5.62. The van der Waals surface area contributed by atoms with Gasteiger partial charge in [-0.3, -0.25) is 4.90 Å². The molecule has 2 aromatic rings. The summed E-state index contributed by atoms with van der Waals surface area (Å²) in [6.07, 6.45) is -1.31. The Hall–Kier alpha value is -1.99. The summed E-state index contributed by atoms with van der Waals surface area (Å²) in [6.45, 7) is 0.776. The van der Waals surface area contributed by atoms with E-state index in [-0.39, 0.29) is 6.04 Å². The van der Waals surface area contributed by atoms with Crippen molar-refractivity contribution in [2.75, 3.05) is 6.54 Å². The Kier molecular flexibility index (Phi) is 4.32.